The van der Waals surface area contributed by atoms with Crippen molar-refractivity contribution in [2.45, 2.75) is 76.5 Å². The van der Waals surface area contributed by atoms with Crippen molar-refractivity contribution < 1.29 is 29.4 Å². The number of hydrogen-bond acceptors (Lipinski definition) is 7. The second-order valence-electron chi connectivity index (χ2n) is 10.6. The molecule has 0 fully saturated rings. The van der Waals surface area contributed by atoms with Gasteiger partial charge >= 0.3 is 5.97 Å². The number of carbonyl (C=O) groups is 4. The number of carboxylic acid groups (broad SMARTS) is 1. The average Bonchev–Trinajstić information content (AvgIpc) is 2.92. The number of aliphatic carboxylic acids is 1. The number of phenols is 1. The van der Waals surface area contributed by atoms with Crippen molar-refractivity contribution in [3.8, 4) is 5.75 Å². The van der Waals surface area contributed by atoms with Crippen molar-refractivity contribution in [1.82, 2.24) is 16.0 Å². The Labute approximate surface area is 241 Å². The molecule has 224 valence electrons. The number of hydrogen-bond donors (Lipinski definition) is 7. The van der Waals surface area contributed by atoms with Crippen LogP contribution in [0.15, 0.2) is 54.6 Å². The van der Waals surface area contributed by atoms with Gasteiger partial charge in [0.1, 0.15) is 23.9 Å². The number of benzene rings is 2. The molecule has 0 aliphatic rings. The Balaban J connectivity index is 2.24. The fraction of sp³-hybridized carbons (Fsp3) is 0.467. The van der Waals surface area contributed by atoms with E-state index in [-0.39, 0.29) is 24.5 Å². The average molecular weight is 570 g/mol. The van der Waals surface area contributed by atoms with Crippen molar-refractivity contribution >= 4 is 23.7 Å². The maximum atomic E-state index is 13.4. The molecule has 0 heterocycles. The summed E-state index contributed by atoms with van der Waals surface area (Å²) < 4.78 is 0. The first-order valence-electron chi connectivity index (χ1n) is 13.9. The van der Waals surface area contributed by atoms with Gasteiger partial charge in [0.2, 0.25) is 17.7 Å². The first-order valence-corrected chi connectivity index (χ1v) is 13.9. The maximum absolute atomic E-state index is 13.4. The molecular formula is C30H43N5O6. The number of aromatic hydroxyl groups is 1. The van der Waals surface area contributed by atoms with E-state index in [1.807, 2.05) is 19.9 Å². The van der Waals surface area contributed by atoms with Crippen LogP contribution in [0.1, 0.15) is 50.7 Å². The molecule has 2 aromatic carbocycles. The molecule has 0 radical (unpaired) electrons. The summed E-state index contributed by atoms with van der Waals surface area (Å²) in [5.41, 5.74) is 13.0. The molecule has 0 spiro atoms. The molecule has 9 N–H and O–H groups in total. The Kier molecular flexibility index (Phi) is 13.8. The highest BCUT2D eigenvalue weighted by Crippen LogP contribution is 2.13. The number of rotatable bonds is 17. The van der Waals surface area contributed by atoms with E-state index in [0.29, 0.717) is 37.8 Å². The SMILES string of the molecule is CC(C)CC(N)C(=O)NC(CCCCN)C(=O)NC(Cc1ccccc1)C(=O)NC(Cc1ccc(O)cc1)C(=O)O. The highest BCUT2D eigenvalue weighted by Gasteiger charge is 2.30. The van der Waals surface area contributed by atoms with Gasteiger partial charge in [0.25, 0.3) is 0 Å². The Morgan fingerprint density at radius 1 is 0.756 bits per heavy atom. The molecule has 2 aromatic rings. The second-order valence-corrected chi connectivity index (χ2v) is 10.6. The minimum Gasteiger partial charge on any atom is -0.508 e. The lowest BCUT2D eigenvalue weighted by atomic mass is 10.0. The molecule has 0 aromatic heterocycles. The molecule has 0 bridgehead atoms. The first-order chi connectivity index (χ1) is 19.5. The number of carbonyl (C=O) groups excluding carboxylic acids is 3. The van der Waals surface area contributed by atoms with Crippen LogP contribution in [0.4, 0.5) is 0 Å². The number of amides is 3. The number of nitrogens with one attached hydrogen (secondary N) is 3. The van der Waals surface area contributed by atoms with Gasteiger partial charge in [-0.05, 0) is 61.4 Å². The van der Waals surface area contributed by atoms with Crippen LogP contribution < -0.4 is 27.4 Å². The molecule has 0 saturated heterocycles. The third-order valence-electron chi connectivity index (χ3n) is 6.55. The Bertz CT molecular complexity index is 1130. The van der Waals surface area contributed by atoms with E-state index in [9.17, 15) is 29.4 Å². The van der Waals surface area contributed by atoms with Crippen LogP contribution in [0.2, 0.25) is 0 Å². The maximum Gasteiger partial charge on any atom is 0.326 e. The molecule has 41 heavy (non-hydrogen) atoms. The van der Waals surface area contributed by atoms with E-state index in [1.54, 1.807) is 36.4 Å². The molecule has 0 saturated carbocycles. The zero-order chi connectivity index (χ0) is 30.4. The summed E-state index contributed by atoms with van der Waals surface area (Å²) in [5.74, 6) is -2.75. The highest BCUT2D eigenvalue weighted by atomic mass is 16.4. The summed E-state index contributed by atoms with van der Waals surface area (Å²) in [6.45, 7) is 4.31. The highest BCUT2D eigenvalue weighted by molar-refractivity contribution is 5.94. The third-order valence-corrected chi connectivity index (χ3v) is 6.55. The molecule has 11 nitrogen and oxygen atoms in total. The normalized spacial score (nSPS) is 14.0. The largest absolute Gasteiger partial charge is 0.508 e. The van der Waals surface area contributed by atoms with Crippen LogP contribution in [-0.2, 0) is 32.0 Å². The van der Waals surface area contributed by atoms with Gasteiger partial charge in [0.05, 0.1) is 6.04 Å². The van der Waals surface area contributed by atoms with Gasteiger partial charge in [-0.25, -0.2) is 4.79 Å². The molecule has 0 aliphatic carbocycles. The van der Waals surface area contributed by atoms with Crippen LogP contribution in [-0.4, -0.2) is 64.6 Å². The lowest BCUT2D eigenvalue weighted by molar-refractivity contribution is -0.142. The lowest BCUT2D eigenvalue weighted by Crippen LogP contribution is -2.57. The van der Waals surface area contributed by atoms with E-state index in [4.69, 9.17) is 11.5 Å². The zero-order valence-electron chi connectivity index (χ0n) is 23.7. The van der Waals surface area contributed by atoms with Crippen LogP contribution in [0.5, 0.6) is 5.75 Å². The summed E-state index contributed by atoms with van der Waals surface area (Å²) in [4.78, 5) is 51.6. The molecule has 4 atom stereocenters. The summed E-state index contributed by atoms with van der Waals surface area (Å²) in [5, 5.41) is 27.3. The van der Waals surface area contributed by atoms with Crippen molar-refractivity contribution in [3.63, 3.8) is 0 Å². The minimum atomic E-state index is -1.28. The molecule has 2 rings (SSSR count). The van der Waals surface area contributed by atoms with Crippen molar-refractivity contribution in [2.24, 2.45) is 17.4 Å². The zero-order valence-corrected chi connectivity index (χ0v) is 23.7. The smallest absolute Gasteiger partial charge is 0.326 e. The number of carboxylic acids is 1. The fourth-order valence-corrected chi connectivity index (χ4v) is 4.33. The van der Waals surface area contributed by atoms with Crippen LogP contribution in [0.3, 0.4) is 0 Å². The lowest BCUT2D eigenvalue weighted by Gasteiger charge is -2.26. The number of nitrogens with two attached hydrogens (primary N) is 2. The Morgan fingerprint density at radius 3 is 1.88 bits per heavy atom. The van der Waals surface area contributed by atoms with Gasteiger partial charge in [-0.3, -0.25) is 14.4 Å². The van der Waals surface area contributed by atoms with Crippen LogP contribution in [0.25, 0.3) is 0 Å². The summed E-state index contributed by atoms with van der Waals surface area (Å²) >= 11 is 0. The molecular weight excluding hydrogens is 526 g/mol. The van der Waals surface area contributed by atoms with Crippen molar-refractivity contribution in [2.75, 3.05) is 6.54 Å². The van der Waals surface area contributed by atoms with E-state index in [1.165, 1.54) is 12.1 Å². The monoisotopic (exact) mass is 569 g/mol. The first kappa shape index (κ1) is 33.2. The van der Waals surface area contributed by atoms with Crippen molar-refractivity contribution in [3.05, 3.63) is 65.7 Å². The van der Waals surface area contributed by atoms with Crippen LogP contribution in [0, 0.1) is 5.92 Å². The molecule has 0 aliphatic heterocycles. The van der Waals surface area contributed by atoms with E-state index in [2.05, 4.69) is 16.0 Å². The van der Waals surface area contributed by atoms with E-state index < -0.39 is 47.9 Å². The Hall–Kier alpha value is -3.96. The Morgan fingerprint density at radius 2 is 1.29 bits per heavy atom. The number of phenolic OH excluding ortho intramolecular Hbond substituents is 1. The summed E-state index contributed by atoms with van der Waals surface area (Å²) in [7, 11) is 0. The van der Waals surface area contributed by atoms with Crippen molar-refractivity contribution in [1.29, 1.82) is 0 Å². The predicted molar refractivity (Wildman–Crippen MR) is 156 cm³/mol. The third kappa shape index (κ3) is 12.0. The van der Waals surface area contributed by atoms with Gasteiger partial charge in [-0.1, -0.05) is 56.3 Å². The van der Waals surface area contributed by atoms with E-state index >= 15 is 0 Å². The van der Waals surface area contributed by atoms with E-state index in [0.717, 1.165) is 5.56 Å². The fourth-order valence-electron chi connectivity index (χ4n) is 4.33. The standard InChI is InChI=1S/C30H43N5O6/c1-19(2)16-23(32)27(37)33-24(10-6-7-15-31)28(38)34-25(17-20-8-4-3-5-9-20)29(39)35-26(30(40)41)18-21-11-13-22(36)14-12-21/h3-5,8-9,11-14,19,23-26,36H,6-7,10,15-18,31-32H2,1-2H3,(H,33,37)(H,34,38)(H,35,39)(H,40,41). The molecule has 3 amide bonds. The molecule has 11 heteroatoms. The van der Waals surface area contributed by atoms with Gasteiger partial charge in [0.15, 0.2) is 0 Å². The summed E-state index contributed by atoms with van der Waals surface area (Å²) in [6.07, 6.45) is 2.01. The topological polar surface area (TPSA) is 197 Å². The molecule has 4 unspecified atom stereocenters. The van der Waals surface area contributed by atoms with Gasteiger partial charge in [0, 0.05) is 12.8 Å². The van der Waals surface area contributed by atoms with Gasteiger partial charge in [-0.15, -0.1) is 0 Å². The van der Waals surface area contributed by atoms with Crippen LogP contribution >= 0.6 is 0 Å². The second kappa shape index (κ2) is 17.0. The predicted octanol–water partition coefficient (Wildman–Crippen LogP) is 1.22. The summed E-state index contributed by atoms with van der Waals surface area (Å²) in [6, 6.07) is 10.8. The number of unbranched alkanes of at least 4 members (excludes halogenated alkanes) is 1. The quantitative estimate of drug-likeness (QED) is 0.138. The minimum absolute atomic E-state index is 0.0289. The van der Waals surface area contributed by atoms with Gasteiger partial charge < -0.3 is 37.6 Å². The van der Waals surface area contributed by atoms with Gasteiger partial charge in [-0.2, -0.15) is 0 Å².